The zero-order valence-corrected chi connectivity index (χ0v) is 6.34. The first kappa shape index (κ1) is 9.19. The van der Waals surface area contributed by atoms with Crippen LogP contribution in [0.5, 0.6) is 0 Å². The van der Waals surface area contributed by atoms with Gasteiger partial charge in [0.1, 0.15) is 0 Å². The van der Waals surface area contributed by atoms with Crippen LogP contribution in [0.3, 0.4) is 0 Å². The highest BCUT2D eigenvalue weighted by Gasteiger charge is 2.03. The number of nitrogens with zero attached hydrogens (tertiary/aromatic N) is 1. The van der Waals surface area contributed by atoms with Crippen molar-refractivity contribution in [3.63, 3.8) is 0 Å². The Labute approximate surface area is 62.2 Å². The Morgan fingerprint density at radius 1 is 1.50 bits per heavy atom. The number of terminal acetylenes is 1. The zero-order valence-electron chi connectivity index (χ0n) is 6.34. The van der Waals surface area contributed by atoms with Crippen LogP contribution in [0, 0.1) is 12.3 Å². The van der Waals surface area contributed by atoms with Crippen molar-refractivity contribution in [1.29, 1.82) is 0 Å². The molecule has 1 fully saturated rings. The average molecular weight is 139 g/mol. The van der Waals surface area contributed by atoms with Crippen molar-refractivity contribution < 1.29 is 4.79 Å². The van der Waals surface area contributed by atoms with Crippen LogP contribution in [0.2, 0.25) is 0 Å². The van der Waals surface area contributed by atoms with Crippen molar-refractivity contribution in [2.75, 3.05) is 20.1 Å². The first-order valence-electron chi connectivity index (χ1n) is 3.39. The quantitative estimate of drug-likeness (QED) is 0.360. The van der Waals surface area contributed by atoms with Crippen LogP contribution in [-0.2, 0) is 4.79 Å². The molecule has 2 nitrogen and oxygen atoms in total. The van der Waals surface area contributed by atoms with Crippen molar-refractivity contribution >= 4 is 6.29 Å². The molecule has 0 unspecified atom stereocenters. The second-order valence-electron chi connectivity index (χ2n) is 2.29. The molecule has 1 aliphatic rings. The molecule has 2 heteroatoms. The van der Waals surface area contributed by atoms with Gasteiger partial charge in [0, 0.05) is 0 Å². The van der Waals surface area contributed by atoms with Crippen LogP contribution in [0.25, 0.3) is 0 Å². The second-order valence-corrected chi connectivity index (χ2v) is 2.29. The minimum Gasteiger partial charge on any atom is -0.306 e. The monoisotopic (exact) mass is 139 g/mol. The van der Waals surface area contributed by atoms with E-state index in [4.69, 9.17) is 4.79 Å². The third-order valence-electron chi connectivity index (χ3n) is 1.40. The van der Waals surface area contributed by atoms with E-state index in [9.17, 15) is 0 Å². The van der Waals surface area contributed by atoms with E-state index in [2.05, 4.69) is 18.4 Å². The fraction of sp³-hybridized carbons (Fsp3) is 0.625. The number of hydrogen-bond donors (Lipinski definition) is 0. The molecule has 1 heterocycles. The predicted octanol–water partition coefficient (Wildman–Crippen LogP) is 0.530. The molecule has 1 rings (SSSR count). The van der Waals surface area contributed by atoms with Gasteiger partial charge >= 0.3 is 0 Å². The number of likely N-dealkylation sites (tertiary alicyclic amines) is 1. The van der Waals surface area contributed by atoms with Crippen molar-refractivity contribution in [3.05, 3.63) is 0 Å². The molecular formula is C8H13NO. The van der Waals surface area contributed by atoms with Gasteiger partial charge in [-0.1, -0.05) is 0 Å². The maximum absolute atomic E-state index is 8.94. The molecule has 0 saturated carbocycles. The van der Waals surface area contributed by atoms with E-state index in [-0.39, 0.29) is 0 Å². The third-order valence-corrected chi connectivity index (χ3v) is 1.40. The van der Waals surface area contributed by atoms with Crippen molar-refractivity contribution in [1.82, 2.24) is 4.90 Å². The van der Waals surface area contributed by atoms with E-state index in [1.165, 1.54) is 25.9 Å². The van der Waals surface area contributed by atoms with Gasteiger partial charge in [-0.3, -0.25) is 4.79 Å². The Bertz CT molecular complexity index is 120. The van der Waals surface area contributed by atoms with Crippen molar-refractivity contribution in [3.8, 4) is 12.3 Å². The minimum absolute atomic E-state index is 0.403. The molecule has 1 saturated heterocycles. The van der Waals surface area contributed by atoms with Gasteiger partial charge in [0.15, 0.2) is 6.29 Å². The van der Waals surface area contributed by atoms with Gasteiger partial charge in [-0.2, -0.15) is 0 Å². The smallest absolute Gasteiger partial charge is 0.192 e. The molecule has 0 aromatic carbocycles. The SMILES string of the molecule is C#CC=O.CN1CCCC1. The summed E-state index contributed by atoms with van der Waals surface area (Å²) in [4.78, 5) is 11.3. The van der Waals surface area contributed by atoms with Crippen LogP contribution in [0.15, 0.2) is 0 Å². The molecule has 0 spiro atoms. The lowest BCUT2D eigenvalue weighted by atomic mass is 10.4. The summed E-state index contributed by atoms with van der Waals surface area (Å²) in [5, 5.41) is 0. The first-order chi connectivity index (χ1) is 4.81. The summed E-state index contributed by atoms with van der Waals surface area (Å²) in [6.45, 7) is 2.64. The summed E-state index contributed by atoms with van der Waals surface area (Å²) < 4.78 is 0. The molecule has 1 aliphatic heterocycles. The highest BCUT2D eigenvalue weighted by molar-refractivity contribution is 5.71. The summed E-state index contributed by atoms with van der Waals surface area (Å²) in [5.74, 6) is 1.75. The second kappa shape index (κ2) is 6.31. The number of aldehydes is 1. The topological polar surface area (TPSA) is 20.3 Å². The first-order valence-corrected chi connectivity index (χ1v) is 3.39. The molecule has 0 aliphatic carbocycles. The fourth-order valence-corrected chi connectivity index (χ4v) is 0.875. The minimum atomic E-state index is 0.403. The van der Waals surface area contributed by atoms with Crippen LogP contribution in [0.4, 0.5) is 0 Å². The molecule has 0 aromatic heterocycles. The molecule has 56 valence electrons. The van der Waals surface area contributed by atoms with Crippen molar-refractivity contribution in [2.45, 2.75) is 12.8 Å². The van der Waals surface area contributed by atoms with E-state index >= 15 is 0 Å². The molecule has 0 atom stereocenters. The lowest BCUT2D eigenvalue weighted by molar-refractivity contribution is -0.103. The highest BCUT2D eigenvalue weighted by Crippen LogP contribution is 2.01. The number of rotatable bonds is 0. The summed E-state index contributed by atoms with van der Waals surface area (Å²) in [7, 11) is 2.17. The molecule has 0 bridgehead atoms. The maximum Gasteiger partial charge on any atom is 0.192 e. The van der Waals surface area contributed by atoms with Gasteiger partial charge in [0.05, 0.1) is 0 Å². The third kappa shape index (κ3) is 5.33. The summed E-state index contributed by atoms with van der Waals surface area (Å²) in [6, 6.07) is 0. The number of hydrogen-bond acceptors (Lipinski definition) is 2. The molecule has 0 amide bonds. The number of carbonyl (C=O) groups excluding carboxylic acids is 1. The molecule has 0 N–H and O–H groups in total. The van der Waals surface area contributed by atoms with E-state index in [0.29, 0.717) is 6.29 Å². The van der Waals surface area contributed by atoms with Gasteiger partial charge in [0.25, 0.3) is 0 Å². The summed E-state index contributed by atoms with van der Waals surface area (Å²) in [6.07, 6.45) is 7.64. The predicted molar refractivity (Wildman–Crippen MR) is 41.6 cm³/mol. The lowest BCUT2D eigenvalue weighted by Gasteiger charge is -2.01. The van der Waals surface area contributed by atoms with Gasteiger partial charge in [-0.05, 0) is 38.9 Å². The largest absolute Gasteiger partial charge is 0.306 e. The highest BCUT2D eigenvalue weighted by atomic mass is 16.1. The van der Waals surface area contributed by atoms with Crippen LogP contribution in [-0.4, -0.2) is 31.3 Å². The number of carbonyl (C=O) groups is 1. The summed E-state index contributed by atoms with van der Waals surface area (Å²) >= 11 is 0. The van der Waals surface area contributed by atoms with E-state index in [0.717, 1.165) is 0 Å². The summed E-state index contributed by atoms with van der Waals surface area (Å²) in [5.41, 5.74) is 0. The lowest BCUT2D eigenvalue weighted by Crippen LogP contribution is -2.10. The molecular weight excluding hydrogens is 126 g/mol. The standard InChI is InChI=1S/C5H11N.C3H2O/c1-6-4-2-3-5-6;1-2-3-4/h2-5H2,1H3;1,3H. The Hall–Kier alpha value is -0.810. The maximum atomic E-state index is 8.94. The normalized spacial score (nSPS) is 16.8. The van der Waals surface area contributed by atoms with Crippen molar-refractivity contribution in [2.24, 2.45) is 0 Å². The van der Waals surface area contributed by atoms with E-state index < -0.39 is 0 Å². The van der Waals surface area contributed by atoms with E-state index in [1.807, 2.05) is 0 Å². The Morgan fingerprint density at radius 3 is 2.00 bits per heavy atom. The molecule has 0 radical (unpaired) electrons. The van der Waals surface area contributed by atoms with E-state index in [1.54, 1.807) is 5.92 Å². The fourth-order valence-electron chi connectivity index (χ4n) is 0.875. The van der Waals surface area contributed by atoms with Gasteiger partial charge < -0.3 is 4.90 Å². The zero-order chi connectivity index (χ0) is 7.82. The van der Waals surface area contributed by atoms with Gasteiger partial charge in [0.2, 0.25) is 0 Å². The van der Waals surface area contributed by atoms with Crippen LogP contribution >= 0.6 is 0 Å². The van der Waals surface area contributed by atoms with Gasteiger partial charge in [-0.15, -0.1) is 6.42 Å². The Morgan fingerprint density at radius 2 is 1.90 bits per heavy atom. The Balaban J connectivity index is 0.000000180. The molecule has 10 heavy (non-hydrogen) atoms. The Kier molecular flexibility index (Phi) is 5.80. The van der Waals surface area contributed by atoms with Crippen LogP contribution in [0.1, 0.15) is 12.8 Å². The average Bonchev–Trinajstić information content (AvgIpc) is 2.40. The van der Waals surface area contributed by atoms with Crippen LogP contribution < -0.4 is 0 Å². The molecule has 0 aromatic rings. The van der Waals surface area contributed by atoms with Gasteiger partial charge in [-0.25, -0.2) is 0 Å².